The Morgan fingerprint density at radius 1 is 1.46 bits per heavy atom. The first-order valence-corrected chi connectivity index (χ1v) is 5.39. The van der Waals surface area contributed by atoms with E-state index in [9.17, 15) is 4.79 Å². The number of hydrogen-bond donors (Lipinski definition) is 0. The van der Waals surface area contributed by atoms with E-state index in [-0.39, 0.29) is 5.91 Å². The van der Waals surface area contributed by atoms with Crippen LogP contribution in [0.5, 0.6) is 0 Å². The highest BCUT2D eigenvalue weighted by molar-refractivity contribution is 5.73. The molecule has 1 aliphatic heterocycles. The van der Waals surface area contributed by atoms with Crippen LogP contribution in [0.25, 0.3) is 0 Å². The van der Waals surface area contributed by atoms with Crippen molar-refractivity contribution in [2.75, 3.05) is 13.1 Å². The summed E-state index contributed by atoms with van der Waals surface area (Å²) in [5, 5.41) is 0. The Kier molecular flexibility index (Phi) is 3.76. The fourth-order valence-electron chi connectivity index (χ4n) is 2.36. The summed E-state index contributed by atoms with van der Waals surface area (Å²) in [6, 6.07) is 0. The summed E-state index contributed by atoms with van der Waals surface area (Å²) >= 11 is 0. The molecular formula is C11H21NO. The predicted octanol–water partition coefficient (Wildman–Crippen LogP) is 2.29. The lowest BCUT2D eigenvalue weighted by atomic mass is 9.87. The molecular weight excluding hydrogens is 162 g/mol. The van der Waals surface area contributed by atoms with Crippen molar-refractivity contribution in [3.05, 3.63) is 0 Å². The Balaban J connectivity index is 2.47. The van der Waals surface area contributed by atoms with Gasteiger partial charge in [0.2, 0.25) is 5.91 Å². The topological polar surface area (TPSA) is 20.3 Å². The fraction of sp³-hybridized carbons (Fsp3) is 0.909. The Hall–Kier alpha value is -0.530. The number of rotatable bonds is 2. The van der Waals surface area contributed by atoms with Gasteiger partial charge in [0, 0.05) is 20.0 Å². The monoisotopic (exact) mass is 183 g/mol. The first-order valence-electron chi connectivity index (χ1n) is 5.39. The highest BCUT2D eigenvalue weighted by Crippen LogP contribution is 2.24. The number of hydrogen-bond acceptors (Lipinski definition) is 1. The highest BCUT2D eigenvalue weighted by atomic mass is 16.2. The van der Waals surface area contributed by atoms with Crippen LogP contribution in [-0.2, 0) is 4.79 Å². The molecule has 0 N–H and O–H groups in total. The van der Waals surface area contributed by atoms with Crippen LogP contribution >= 0.6 is 0 Å². The maximum atomic E-state index is 11.2. The zero-order valence-corrected chi connectivity index (χ0v) is 9.05. The molecule has 0 bridgehead atoms. The maximum absolute atomic E-state index is 11.2. The van der Waals surface area contributed by atoms with Gasteiger partial charge in [-0.05, 0) is 24.7 Å². The van der Waals surface area contributed by atoms with E-state index in [0.29, 0.717) is 5.92 Å². The predicted molar refractivity (Wildman–Crippen MR) is 54.4 cm³/mol. The van der Waals surface area contributed by atoms with Crippen LogP contribution in [0.4, 0.5) is 0 Å². The van der Waals surface area contributed by atoms with Crippen molar-refractivity contribution in [2.24, 2.45) is 11.8 Å². The molecule has 1 aliphatic rings. The first kappa shape index (κ1) is 10.6. The molecule has 2 atom stereocenters. The van der Waals surface area contributed by atoms with Crippen LogP contribution in [0.3, 0.4) is 0 Å². The second-order valence-corrected chi connectivity index (χ2v) is 4.42. The molecule has 0 aliphatic carbocycles. The van der Waals surface area contributed by atoms with E-state index in [2.05, 4.69) is 13.8 Å². The maximum Gasteiger partial charge on any atom is 0.219 e. The second kappa shape index (κ2) is 4.64. The van der Waals surface area contributed by atoms with E-state index in [4.69, 9.17) is 0 Å². The highest BCUT2D eigenvalue weighted by Gasteiger charge is 2.25. The standard InChI is InChI=1S/C11H21NO/c1-4-5-11-6-9(2)7-12(8-11)10(3)13/h9,11H,4-8H2,1-3H3. The molecule has 0 aromatic rings. The van der Waals surface area contributed by atoms with Gasteiger partial charge in [0.25, 0.3) is 0 Å². The number of amides is 1. The van der Waals surface area contributed by atoms with Gasteiger partial charge in [-0.25, -0.2) is 0 Å². The second-order valence-electron chi connectivity index (χ2n) is 4.42. The Bertz CT molecular complexity index is 179. The van der Waals surface area contributed by atoms with Crippen LogP contribution < -0.4 is 0 Å². The van der Waals surface area contributed by atoms with Gasteiger partial charge in [0.1, 0.15) is 0 Å². The zero-order chi connectivity index (χ0) is 9.84. The first-order chi connectivity index (χ1) is 6.13. The number of carbonyl (C=O) groups excluding carboxylic acids is 1. The van der Waals surface area contributed by atoms with Gasteiger partial charge in [-0.2, -0.15) is 0 Å². The van der Waals surface area contributed by atoms with Crippen molar-refractivity contribution >= 4 is 5.91 Å². The van der Waals surface area contributed by atoms with Crippen molar-refractivity contribution in [2.45, 2.75) is 40.0 Å². The molecule has 0 saturated carbocycles. The lowest BCUT2D eigenvalue weighted by molar-refractivity contribution is -0.131. The number of piperidine rings is 1. The lowest BCUT2D eigenvalue weighted by Gasteiger charge is -2.35. The third kappa shape index (κ3) is 3.02. The fourth-order valence-corrected chi connectivity index (χ4v) is 2.36. The molecule has 1 fully saturated rings. The minimum Gasteiger partial charge on any atom is -0.342 e. The van der Waals surface area contributed by atoms with Crippen LogP contribution in [0.1, 0.15) is 40.0 Å². The minimum absolute atomic E-state index is 0.243. The largest absolute Gasteiger partial charge is 0.342 e. The molecule has 1 rings (SSSR count). The molecule has 1 saturated heterocycles. The molecule has 13 heavy (non-hydrogen) atoms. The summed E-state index contributed by atoms with van der Waals surface area (Å²) in [5.41, 5.74) is 0. The van der Waals surface area contributed by atoms with Gasteiger partial charge < -0.3 is 4.90 Å². The third-order valence-corrected chi connectivity index (χ3v) is 2.89. The normalized spacial score (nSPS) is 29.0. The Morgan fingerprint density at radius 2 is 2.15 bits per heavy atom. The van der Waals surface area contributed by atoms with Crippen LogP contribution in [0.15, 0.2) is 0 Å². The van der Waals surface area contributed by atoms with E-state index < -0.39 is 0 Å². The van der Waals surface area contributed by atoms with Crippen molar-refractivity contribution < 1.29 is 4.79 Å². The van der Waals surface area contributed by atoms with Crippen molar-refractivity contribution in [3.8, 4) is 0 Å². The minimum atomic E-state index is 0.243. The van der Waals surface area contributed by atoms with E-state index in [1.54, 1.807) is 6.92 Å². The molecule has 2 heteroatoms. The summed E-state index contributed by atoms with van der Waals surface area (Å²) in [5.74, 6) is 1.68. The van der Waals surface area contributed by atoms with E-state index in [0.717, 1.165) is 19.0 Å². The summed E-state index contributed by atoms with van der Waals surface area (Å²) in [4.78, 5) is 13.2. The van der Waals surface area contributed by atoms with E-state index in [1.807, 2.05) is 4.90 Å². The van der Waals surface area contributed by atoms with Gasteiger partial charge in [0.05, 0.1) is 0 Å². The Labute approximate surface area is 81.3 Å². The van der Waals surface area contributed by atoms with E-state index in [1.165, 1.54) is 19.3 Å². The molecule has 1 heterocycles. The summed E-state index contributed by atoms with van der Waals surface area (Å²) < 4.78 is 0. The zero-order valence-electron chi connectivity index (χ0n) is 9.05. The third-order valence-electron chi connectivity index (χ3n) is 2.89. The molecule has 0 spiro atoms. The molecule has 0 aromatic heterocycles. The quantitative estimate of drug-likeness (QED) is 0.643. The van der Waals surface area contributed by atoms with E-state index >= 15 is 0 Å². The van der Waals surface area contributed by atoms with Crippen molar-refractivity contribution in [1.82, 2.24) is 4.90 Å². The number of likely N-dealkylation sites (tertiary alicyclic amines) is 1. The van der Waals surface area contributed by atoms with Gasteiger partial charge in [-0.3, -0.25) is 4.79 Å². The average Bonchev–Trinajstić information content (AvgIpc) is 2.03. The molecule has 2 nitrogen and oxygen atoms in total. The van der Waals surface area contributed by atoms with Gasteiger partial charge >= 0.3 is 0 Å². The molecule has 2 unspecified atom stereocenters. The number of nitrogens with zero attached hydrogens (tertiary/aromatic N) is 1. The lowest BCUT2D eigenvalue weighted by Crippen LogP contribution is -2.42. The summed E-state index contributed by atoms with van der Waals surface area (Å²) in [6.45, 7) is 8.11. The van der Waals surface area contributed by atoms with Crippen LogP contribution in [0, 0.1) is 11.8 Å². The van der Waals surface area contributed by atoms with Crippen molar-refractivity contribution in [1.29, 1.82) is 0 Å². The number of carbonyl (C=O) groups is 1. The van der Waals surface area contributed by atoms with Gasteiger partial charge in [-0.15, -0.1) is 0 Å². The molecule has 0 aromatic carbocycles. The van der Waals surface area contributed by atoms with Crippen LogP contribution in [-0.4, -0.2) is 23.9 Å². The average molecular weight is 183 g/mol. The molecule has 0 radical (unpaired) electrons. The van der Waals surface area contributed by atoms with Crippen LogP contribution in [0.2, 0.25) is 0 Å². The van der Waals surface area contributed by atoms with Gasteiger partial charge in [0.15, 0.2) is 0 Å². The Morgan fingerprint density at radius 3 is 2.69 bits per heavy atom. The van der Waals surface area contributed by atoms with Crippen molar-refractivity contribution in [3.63, 3.8) is 0 Å². The summed E-state index contributed by atoms with van der Waals surface area (Å²) in [6.07, 6.45) is 3.81. The summed E-state index contributed by atoms with van der Waals surface area (Å²) in [7, 11) is 0. The smallest absolute Gasteiger partial charge is 0.219 e. The molecule has 76 valence electrons. The SMILES string of the molecule is CCCC1CC(C)CN(C(C)=O)C1. The van der Waals surface area contributed by atoms with Gasteiger partial charge in [-0.1, -0.05) is 20.3 Å². The molecule has 1 amide bonds.